The smallest absolute Gasteiger partial charge is 0.407 e. The number of nitrogens with zero attached hydrogens (tertiary/aromatic N) is 4. The van der Waals surface area contributed by atoms with E-state index in [-0.39, 0.29) is 17.9 Å². The first kappa shape index (κ1) is 18.9. The molecule has 0 spiro atoms. The molecule has 4 heterocycles. The average Bonchev–Trinajstić information content (AvgIpc) is 3.49. The molecule has 1 fully saturated rings. The number of aromatic nitrogens is 3. The van der Waals surface area contributed by atoms with Gasteiger partial charge in [-0.3, -0.25) is 0 Å². The molecule has 32 heavy (non-hydrogen) atoms. The van der Waals surface area contributed by atoms with Crippen molar-refractivity contribution in [2.75, 3.05) is 20.2 Å². The van der Waals surface area contributed by atoms with Crippen molar-refractivity contribution in [1.82, 2.24) is 19.4 Å². The molecule has 0 bridgehead atoms. The molecule has 7 nitrogen and oxygen atoms in total. The zero-order valence-electron chi connectivity index (χ0n) is 17.5. The number of methoxy groups -OCH3 is 1. The molecule has 0 radical (unpaired) electrons. The molecule has 0 aliphatic carbocycles. The zero-order chi connectivity index (χ0) is 21.8. The number of hydrogen-bond donors (Lipinski definition) is 1. The highest BCUT2D eigenvalue weighted by Gasteiger charge is 2.49. The van der Waals surface area contributed by atoms with Gasteiger partial charge in [-0.15, -0.1) is 0 Å². The number of rotatable bonds is 3. The van der Waals surface area contributed by atoms with E-state index in [4.69, 9.17) is 9.72 Å². The Kier molecular flexibility index (Phi) is 4.18. The lowest BCUT2D eigenvalue weighted by molar-refractivity contribution is 0.152. The maximum Gasteiger partial charge on any atom is 0.407 e. The first-order valence-corrected chi connectivity index (χ1v) is 10.7. The minimum atomic E-state index is -0.858. The van der Waals surface area contributed by atoms with Gasteiger partial charge in [-0.1, -0.05) is 36.4 Å². The van der Waals surface area contributed by atoms with E-state index in [9.17, 15) is 9.90 Å². The van der Waals surface area contributed by atoms with Crippen molar-refractivity contribution >= 4 is 17.1 Å². The van der Waals surface area contributed by atoms with E-state index in [1.165, 1.54) is 10.5 Å². The predicted octanol–water partition coefficient (Wildman–Crippen LogP) is 4.40. The van der Waals surface area contributed by atoms with Crippen LogP contribution in [0.2, 0.25) is 0 Å². The first-order chi connectivity index (χ1) is 15.6. The van der Waals surface area contributed by atoms with Gasteiger partial charge in [0.25, 0.3) is 0 Å². The van der Waals surface area contributed by atoms with E-state index in [0.29, 0.717) is 19.0 Å². The molecule has 6 rings (SSSR count). The summed E-state index contributed by atoms with van der Waals surface area (Å²) in [6.07, 6.45) is 0.957. The molecule has 2 aromatic carbocycles. The number of carboxylic acid groups (broad SMARTS) is 1. The van der Waals surface area contributed by atoms with E-state index in [1.807, 2.05) is 42.6 Å². The summed E-state index contributed by atoms with van der Waals surface area (Å²) < 4.78 is 7.52. The molecule has 4 aromatic rings. The van der Waals surface area contributed by atoms with Gasteiger partial charge in [0, 0.05) is 42.8 Å². The van der Waals surface area contributed by atoms with Crippen LogP contribution in [0.4, 0.5) is 4.79 Å². The molecule has 2 aromatic heterocycles. The first-order valence-electron chi connectivity index (χ1n) is 10.7. The topological polar surface area (TPSA) is 80.5 Å². The van der Waals surface area contributed by atoms with Gasteiger partial charge < -0.3 is 19.3 Å². The highest BCUT2D eigenvalue weighted by molar-refractivity contribution is 5.83. The monoisotopic (exact) mass is 426 g/mol. The third-order valence-electron chi connectivity index (χ3n) is 6.79. The number of imidazole rings is 1. The molecule has 2 aliphatic heterocycles. The number of benzene rings is 2. The summed E-state index contributed by atoms with van der Waals surface area (Å²) in [5, 5.41) is 9.60. The van der Waals surface area contributed by atoms with Crippen LogP contribution in [0, 0.1) is 5.92 Å². The third kappa shape index (κ3) is 2.77. The maximum atomic E-state index is 11.7. The van der Waals surface area contributed by atoms with Crippen molar-refractivity contribution < 1.29 is 14.6 Å². The SMILES string of the molecule is COc1ccc(-c2ccc3nc4n(c3c2)[C@H](c2ccccc2)[C@@H]2CN(C(=O)O)C[C@H]42)cn1. The Balaban J connectivity index is 1.51. The summed E-state index contributed by atoms with van der Waals surface area (Å²) in [5.74, 6) is 1.83. The fraction of sp³-hybridized carbons (Fsp3) is 0.240. The Bertz CT molecular complexity index is 1320. The van der Waals surface area contributed by atoms with Gasteiger partial charge in [-0.05, 0) is 29.3 Å². The van der Waals surface area contributed by atoms with Gasteiger partial charge in [0.15, 0.2) is 0 Å². The normalized spacial score (nSPS) is 21.5. The largest absolute Gasteiger partial charge is 0.481 e. The summed E-state index contributed by atoms with van der Waals surface area (Å²) >= 11 is 0. The van der Waals surface area contributed by atoms with Crippen LogP contribution in [0.3, 0.4) is 0 Å². The second kappa shape index (κ2) is 7.09. The molecular weight excluding hydrogens is 404 g/mol. The minimum absolute atomic E-state index is 0.0507. The van der Waals surface area contributed by atoms with Gasteiger partial charge in [0.05, 0.1) is 24.2 Å². The van der Waals surface area contributed by atoms with Crippen molar-refractivity contribution in [3.63, 3.8) is 0 Å². The molecular formula is C25H22N4O3. The summed E-state index contributed by atoms with van der Waals surface area (Å²) in [6.45, 7) is 1.01. The Labute approximate surface area is 184 Å². The number of likely N-dealkylation sites (tertiary alicyclic amines) is 1. The number of pyridine rings is 1. The van der Waals surface area contributed by atoms with Crippen LogP contribution in [-0.4, -0.2) is 50.8 Å². The number of hydrogen-bond acceptors (Lipinski definition) is 4. The van der Waals surface area contributed by atoms with Crippen LogP contribution < -0.4 is 4.74 Å². The molecule has 3 atom stereocenters. The molecule has 0 unspecified atom stereocenters. The molecule has 1 N–H and O–H groups in total. The number of fused-ring (bicyclic) bond motifs is 5. The predicted molar refractivity (Wildman–Crippen MR) is 120 cm³/mol. The van der Waals surface area contributed by atoms with E-state index < -0.39 is 6.09 Å². The highest BCUT2D eigenvalue weighted by Crippen LogP contribution is 2.50. The van der Waals surface area contributed by atoms with E-state index in [2.05, 4.69) is 33.8 Å². The van der Waals surface area contributed by atoms with Gasteiger partial charge in [0.1, 0.15) is 5.82 Å². The molecule has 1 saturated heterocycles. The molecule has 160 valence electrons. The average molecular weight is 426 g/mol. The Morgan fingerprint density at radius 3 is 2.59 bits per heavy atom. The number of ether oxygens (including phenoxy) is 1. The lowest BCUT2D eigenvalue weighted by Crippen LogP contribution is -2.29. The zero-order valence-corrected chi connectivity index (χ0v) is 17.5. The summed E-state index contributed by atoms with van der Waals surface area (Å²) in [5.41, 5.74) is 5.25. The van der Waals surface area contributed by atoms with Crippen LogP contribution >= 0.6 is 0 Å². The van der Waals surface area contributed by atoms with Crippen molar-refractivity contribution in [1.29, 1.82) is 0 Å². The highest BCUT2D eigenvalue weighted by atomic mass is 16.5. The summed E-state index contributed by atoms with van der Waals surface area (Å²) in [6, 6.07) is 20.5. The second-order valence-corrected chi connectivity index (χ2v) is 8.45. The fourth-order valence-electron chi connectivity index (χ4n) is 5.33. The minimum Gasteiger partial charge on any atom is -0.481 e. The van der Waals surface area contributed by atoms with Crippen LogP contribution in [-0.2, 0) is 0 Å². The van der Waals surface area contributed by atoms with E-state index in [1.54, 1.807) is 7.11 Å². The van der Waals surface area contributed by atoms with E-state index >= 15 is 0 Å². The van der Waals surface area contributed by atoms with Crippen molar-refractivity contribution in [3.05, 3.63) is 78.2 Å². The Morgan fingerprint density at radius 2 is 1.88 bits per heavy atom. The quantitative estimate of drug-likeness (QED) is 0.525. The lowest BCUT2D eigenvalue weighted by Gasteiger charge is -2.23. The lowest BCUT2D eigenvalue weighted by atomic mass is 9.88. The Hall–Kier alpha value is -3.87. The fourth-order valence-corrected chi connectivity index (χ4v) is 5.33. The summed E-state index contributed by atoms with van der Waals surface area (Å²) in [4.78, 5) is 22.5. The second-order valence-electron chi connectivity index (χ2n) is 8.45. The van der Waals surface area contributed by atoms with Gasteiger partial charge >= 0.3 is 6.09 Å². The maximum absolute atomic E-state index is 11.7. The van der Waals surface area contributed by atoms with Crippen molar-refractivity contribution in [2.45, 2.75) is 12.0 Å². The standard InChI is InChI=1S/C25H22N4O3/c1-32-22-10-8-17(12-26-22)16-7-9-20-21(11-16)29-23(15-5-3-2-4-6-15)18-13-28(25(30)31)14-19(18)24(29)27-20/h2-12,18-19,23H,13-14H2,1H3,(H,30,31)/t18-,19+,23-/m1/s1. The third-order valence-corrected chi connectivity index (χ3v) is 6.79. The van der Waals surface area contributed by atoms with Crippen LogP contribution in [0.1, 0.15) is 23.3 Å². The molecule has 2 aliphatic rings. The Morgan fingerprint density at radius 1 is 1.06 bits per heavy atom. The van der Waals surface area contributed by atoms with Crippen molar-refractivity contribution in [2.24, 2.45) is 5.92 Å². The van der Waals surface area contributed by atoms with E-state index in [0.717, 1.165) is 28.0 Å². The van der Waals surface area contributed by atoms with Crippen LogP contribution in [0.5, 0.6) is 5.88 Å². The molecule has 0 saturated carbocycles. The van der Waals surface area contributed by atoms with Crippen LogP contribution in [0.25, 0.3) is 22.2 Å². The van der Waals surface area contributed by atoms with Crippen molar-refractivity contribution in [3.8, 4) is 17.0 Å². The number of amides is 1. The summed E-state index contributed by atoms with van der Waals surface area (Å²) in [7, 11) is 1.61. The van der Waals surface area contributed by atoms with Crippen LogP contribution in [0.15, 0.2) is 66.9 Å². The van der Waals surface area contributed by atoms with Gasteiger partial charge in [-0.2, -0.15) is 0 Å². The van der Waals surface area contributed by atoms with Gasteiger partial charge in [0.2, 0.25) is 5.88 Å². The number of carbonyl (C=O) groups is 1. The molecule has 7 heteroatoms. The molecule has 1 amide bonds. The van der Waals surface area contributed by atoms with Gasteiger partial charge in [-0.25, -0.2) is 14.8 Å².